The summed E-state index contributed by atoms with van der Waals surface area (Å²) < 4.78 is 36.8. The van der Waals surface area contributed by atoms with Gasteiger partial charge >= 0.3 is 0 Å². The minimum atomic E-state index is -3.46. The fourth-order valence-electron chi connectivity index (χ4n) is 3.02. The molecule has 2 fully saturated rings. The Morgan fingerprint density at radius 2 is 1.80 bits per heavy atom. The molecule has 20 heavy (non-hydrogen) atoms. The van der Waals surface area contributed by atoms with Crippen LogP contribution in [0.1, 0.15) is 19.3 Å². The summed E-state index contributed by atoms with van der Waals surface area (Å²) in [6.45, 7) is 1.04. The molecule has 1 aromatic carbocycles. The molecule has 0 aromatic heterocycles. The molecule has 0 bridgehead atoms. The highest BCUT2D eigenvalue weighted by molar-refractivity contribution is 7.92. The highest BCUT2D eigenvalue weighted by Crippen LogP contribution is 2.39. The SMILES string of the molecule is NC1CCC2(CC1S(=O)(=O)c1ccccc1)OCCO2. The van der Waals surface area contributed by atoms with E-state index < -0.39 is 20.9 Å². The van der Waals surface area contributed by atoms with Crippen molar-refractivity contribution in [2.45, 2.75) is 41.2 Å². The third kappa shape index (κ3) is 2.37. The van der Waals surface area contributed by atoms with Gasteiger partial charge in [0.05, 0.1) is 23.4 Å². The molecule has 1 aromatic rings. The lowest BCUT2D eigenvalue weighted by atomic mass is 9.90. The van der Waals surface area contributed by atoms with E-state index in [2.05, 4.69) is 0 Å². The van der Waals surface area contributed by atoms with Gasteiger partial charge in [-0.2, -0.15) is 0 Å². The fourth-order valence-corrected chi connectivity index (χ4v) is 4.97. The van der Waals surface area contributed by atoms with Gasteiger partial charge in [0.25, 0.3) is 0 Å². The quantitative estimate of drug-likeness (QED) is 0.884. The summed E-state index contributed by atoms with van der Waals surface area (Å²) in [5, 5.41) is -0.656. The summed E-state index contributed by atoms with van der Waals surface area (Å²) in [4.78, 5) is 0.315. The Bertz CT molecular complexity index is 566. The van der Waals surface area contributed by atoms with E-state index in [1.54, 1.807) is 30.3 Å². The summed E-state index contributed by atoms with van der Waals surface area (Å²) in [5.74, 6) is -0.748. The Kier molecular flexibility index (Phi) is 3.58. The highest BCUT2D eigenvalue weighted by Gasteiger charge is 2.48. The van der Waals surface area contributed by atoms with Crippen molar-refractivity contribution in [3.05, 3.63) is 30.3 Å². The number of benzene rings is 1. The minimum Gasteiger partial charge on any atom is -0.347 e. The molecule has 0 amide bonds. The van der Waals surface area contributed by atoms with Gasteiger partial charge < -0.3 is 15.2 Å². The maximum atomic E-state index is 12.7. The standard InChI is InChI=1S/C14H19NO4S/c15-12-6-7-14(18-8-9-19-14)10-13(12)20(16,17)11-4-2-1-3-5-11/h1-5,12-13H,6-10,15H2. The Labute approximate surface area is 119 Å². The maximum absolute atomic E-state index is 12.7. The van der Waals surface area contributed by atoms with Gasteiger partial charge in [-0.3, -0.25) is 0 Å². The predicted molar refractivity (Wildman–Crippen MR) is 73.9 cm³/mol. The molecule has 2 atom stereocenters. The van der Waals surface area contributed by atoms with Crippen LogP contribution < -0.4 is 5.73 Å². The van der Waals surface area contributed by atoms with Crippen LogP contribution in [0.4, 0.5) is 0 Å². The van der Waals surface area contributed by atoms with Crippen molar-refractivity contribution < 1.29 is 17.9 Å². The first-order valence-electron chi connectivity index (χ1n) is 6.86. The Hall–Kier alpha value is -0.950. The number of hydrogen-bond donors (Lipinski definition) is 1. The molecule has 1 heterocycles. The second kappa shape index (κ2) is 5.11. The van der Waals surface area contributed by atoms with Gasteiger partial charge in [-0.05, 0) is 18.6 Å². The van der Waals surface area contributed by atoms with Crippen molar-refractivity contribution in [3.63, 3.8) is 0 Å². The average molecular weight is 297 g/mol. The van der Waals surface area contributed by atoms with Crippen LogP contribution >= 0.6 is 0 Å². The van der Waals surface area contributed by atoms with Crippen molar-refractivity contribution in [2.75, 3.05) is 13.2 Å². The van der Waals surface area contributed by atoms with Crippen LogP contribution in [0.3, 0.4) is 0 Å². The van der Waals surface area contributed by atoms with E-state index in [0.29, 0.717) is 37.4 Å². The van der Waals surface area contributed by atoms with Gasteiger partial charge in [0.15, 0.2) is 15.6 Å². The van der Waals surface area contributed by atoms with Crippen LogP contribution in [0.5, 0.6) is 0 Å². The lowest BCUT2D eigenvalue weighted by molar-refractivity contribution is -0.177. The van der Waals surface area contributed by atoms with E-state index in [1.807, 2.05) is 0 Å². The number of hydrogen-bond acceptors (Lipinski definition) is 5. The van der Waals surface area contributed by atoms with E-state index in [4.69, 9.17) is 15.2 Å². The molecule has 3 rings (SSSR count). The molecule has 6 heteroatoms. The number of sulfone groups is 1. The lowest BCUT2D eigenvalue weighted by Gasteiger charge is -2.39. The number of nitrogens with two attached hydrogens (primary N) is 1. The summed E-state index contributed by atoms with van der Waals surface area (Å²) >= 11 is 0. The lowest BCUT2D eigenvalue weighted by Crippen LogP contribution is -2.52. The van der Waals surface area contributed by atoms with Crippen LogP contribution in [0.15, 0.2) is 35.2 Å². The highest BCUT2D eigenvalue weighted by atomic mass is 32.2. The first kappa shape index (κ1) is 14.0. The third-order valence-electron chi connectivity index (χ3n) is 4.13. The van der Waals surface area contributed by atoms with Crippen molar-refractivity contribution in [1.82, 2.24) is 0 Å². The molecule has 2 aliphatic rings. The monoisotopic (exact) mass is 297 g/mol. The third-order valence-corrected chi connectivity index (χ3v) is 6.37. The molecule has 1 saturated carbocycles. The van der Waals surface area contributed by atoms with Crippen molar-refractivity contribution in [1.29, 1.82) is 0 Å². The van der Waals surface area contributed by atoms with Gasteiger partial charge in [0, 0.05) is 18.9 Å². The molecule has 5 nitrogen and oxygen atoms in total. The first-order valence-corrected chi connectivity index (χ1v) is 8.41. The van der Waals surface area contributed by atoms with E-state index in [1.165, 1.54) is 0 Å². The van der Waals surface area contributed by atoms with Gasteiger partial charge in [-0.15, -0.1) is 0 Å². The largest absolute Gasteiger partial charge is 0.347 e. The van der Waals surface area contributed by atoms with E-state index in [0.717, 1.165) is 0 Å². The molecular formula is C14H19NO4S. The second-order valence-corrected chi connectivity index (χ2v) is 7.58. The van der Waals surface area contributed by atoms with Crippen molar-refractivity contribution >= 4 is 9.84 Å². The van der Waals surface area contributed by atoms with Gasteiger partial charge in [-0.1, -0.05) is 18.2 Å². The molecule has 1 aliphatic carbocycles. The van der Waals surface area contributed by atoms with E-state index in [9.17, 15) is 8.42 Å². The molecule has 110 valence electrons. The van der Waals surface area contributed by atoms with Gasteiger partial charge in [0.1, 0.15) is 0 Å². The number of rotatable bonds is 2. The van der Waals surface area contributed by atoms with Crippen LogP contribution in [0, 0.1) is 0 Å². The Morgan fingerprint density at radius 3 is 2.45 bits per heavy atom. The van der Waals surface area contributed by atoms with Crippen molar-refractivity contribution in [3.8, 4) is 0 Å². The van der Waals surface area contributed by atoms with Gasteiger partial charge in [-0.25, -0.2) is 8.42 Å². The summed E-state index contributed by atoms with van der Waals surface area (Å²) in [5.41, 5.74) is 6.06. The Morgan fingerprint density at radius 1 is 1.15 bits per heavy atom. The first-order chi connectivity index (χ1) is 9.54. The maximum Gasteiger partial charge on any atom is 0.182 e. The van der Waals surface area contributed by atoms with Gasteiger partial charge in [0.2, 0.25) is 0 Å². The topological polar surface area (TPSA) is 78.6 Å². The summed E-state index contributed by atoms with van der Waals surface area (Å²) in [6, 6.07) is 8.09. The fraction of sp³-hybridized carbons (Fsp3) is 0.571. The zero-order valence-electron chi connectivity index (χ0n) is 11.2. The molecule has 2 unspecified atom stereocenters. The van der Waals surface area contributed by atoms with E-state index in [-0.39, 0.29) is 6.04 Å². The average Bonchev–Trinajstić information content (AvgIpc) is 2.91. The minimum absolute atomic E-state index is 0.311. The summed E-state index contributed by atoms with van der Waals surface area (Å²) in [6.07, 6.45) is 1.57. The predicted octanol–water partition coefficient (Wildman–Crippen LogP) is 1.08. The van der Waals surface area contributed by atoms with Crippen LogP contribution in [0.2, 0.25) is 0 Å². The van der Waals surface area contributed by atoms with Crippen molar-refractivity contribution in [2.24, 2.45) is 5.73 Å². The van der Waals surface area contributed by atoms with Crippen LogP contribution in [0.25, 0.3) is 0 Å². The second-order valence-electron chi connectivity index (χ2n) is 5.41. The molecule has 1 aliphatic heterocycles. The smallest absolute Gasteiger partial charge is 0.182 e. The van der Waals surface area contributed by atoms with Crippen LogP contribution in [-0.2, 0) is 19.3 Å². The Balaban J connectivity index is 1.91. The van der Waals surface area contributed by atoms with Crippen LogP contribution in [-0.4, -0.2) is 38.7 Å². The summed E-state index contributed by atoms with van der Waals surface area (Å²) in [7, 11) is -3.46. The molecule has 1 spiro atoms. The normalized spacial score (nSPS) is 29.6. The van der Waals surface area contributed by atoms with E-state index >= 15 is 0 Å². The zero-order valence-corrected chi connectivity index (χ0v) is 12.0. The number of ether oxygens (including phenoxy) is 2. The zero-order chi connectivity index (χ0) is 14.2. The molecular weight excluding hydrogens is 278 g/mol. The molecule has 1 saturated heterocycles. The molecule has 0 radical (unpaired) electrons. The molecule has 2 N–H and O–H groups in total.